The first-order chi connectivity index (χ1) is 8.33. The van der Waals surface area contributed by atoms with Crippen LogP contribution in [0.5, 0.6) is 0 Å². The summed E-state index contributed by atoms with van der Waals surface area (Å²) in [7, 11) is 1.78. The zero-order chi connectivity index (χ0) is 11.7. The Hall–Kier alpha value is -1.55. The van der Waals surface area contributed by atoms with Gasteiger partial charge in [0.15, 0.2) is 0 Å². The van der Waals surface area contributed by atoms with Crippen molar-refractivity contribution in [2.75, 3.05) is 19.0 Å². The van der Waals surface area contributed by atoms with Crippen molar-refractivity contribution in [3.05, 3.63) is 24.6 Å². The molecule has 0 aromatic carbocycles. The highest BCUT2D eigenvalue weighted by Gasteiger charge is 2.36. The normalized spacial score (nSPS) is 17.9. The number of methoxy groups -OCH3 is 1. The second-order valence-electron chi connectivity index (χ2n) is 4.59. The number of aromatic nitrogens is 1. The van der Waals surface area contributed by atoms with E-state index in [9.17, 15) is 0 Å². The molecule has 0 radical (unpaired) electrons. The minimum Gasteiger partial charge on any atom is -0.464 e. The molecule has 0 amide bonds. The van der Waals surface area contributed by atoms with Crippen molar-refractivity contribution in [2.24, 2.45) is 0 Å². The van der Waals surface area contributed by atoms with Crippen molar-refractivity contribution in [3.8, 4) is 0 Å². The smallest absolute Gasteiger partial charge is 0.139 e. The molecule has 2 aromatic heterocycles. The fourth-order valence-corrected chi connectivity index (χ4v) is 2.30. The summed E-state index contributed by atoms with van der Waals surface area (Å²) in [6, 6.07) is 3.81. The second kappa shape index (κ2) is 4.04. The molecule has 2 aromatic rings. The van der Waals surface area contributed by atoms with Crippen molar-refractivity contribution < 1.29 is 9.15 Å². The average Bonchev–Trinajstić information content (AvgIpc) is 2.77. The van der Waals surface area contributed by atoms with E-state index >= 15 is 0 Å². The molecule has 4 nitrogen and oxygen atoms in total. The Morgan fingerprint density at radius 2 is 2.35 bits per heavy atom. The maximum atomic E-state index is 5.58. The number of pyridine rings is 1. The van der Waals surface area contributed by atoms with Gasteiger partial charge in [-0.2, -0.15) is 0 Å². The largest absolute Gasteiger partial charge is 0.464 e. The van der Waals surface area contributed by atoms with Crippen LogP contribution in [-0.2, 0) is 4.74 Å². The van der Waals surface area contributed by atoms with Gasteiger partial charge in [-0.25, -0.2) is 4.98 Å². The third-order valence-corrected chi connectivity index (χ3v) is 3.66. The molecule has 1 N–H and O–H groups in total. The first-order valence-corrected chi connectivity index (χ1v) is 5.94. The quantitative estimate of drug-likeness (QED) is 0.880. The molecular formula is C13H16N2O2. The molecular weight excluding hydrogens is 216 g/mol. The number of hydrogen-bond acceptors (Lipinski definition) is 4. The van der Waals surface area contributed by atoms with Crippen LogP contribution in [0, 0.1) is 0 Å². The molecule has 1 aliphatic rings. The lowest BCUT2D eigenvalue weighted by atomic mass is 9.80. The second-order valence-corrected chi connectivity index (χ2v) is 4.59. The summed E-state index contributed by atoms with van der Waals surface area (Å²) < 4.78 is 10.9. The van der Waals surface area contributed by atoms with Crippen LogP contribution < -0.4 is 5.32 Å². The van der Waals surface area contributed by atoms with Crippen LogP contribution in [0.15, 0.2) is 29.0 Å². The first kappa shape index (κ1) is 10.6. The summed E-state index contributed by atoms with van der Waals surface area (Å²) in [5, 5.41) is 4.40. The molecule has 90 valence electrons. The molecule has 1 aliphatic carbocycles. The van der Waals surface area contributed by atoms with Crippen LogP contribution in [0.25, 0.3) is 11.0 Å². The van der Waals surface area contributed by atoms with Gasteiger partial charge >= 0.3 is 0 Å². The van der Waals surface area contributed by atoms with Crippen LogP contribution in [0.3, 0.4) is 0 Å². The van der Waals surface area contributed by atoms with Gasteiger partial charge in [0.1, 0.15) is 11.4 Å². The van der Waals surface area contributed by atoms with E-state index in [4.69, 9.17) is 9.15 Å². The Morgan fingerprint density at radius 3 is 3.06 bits per heavy atom. The third-order valence-electron chi connectivity index (χ3n) is 3.66. The van der Waals surface area contributed by atoms with Crippen LogP contribution in [0.4, 0.5) is 5.82 Å². The fourth-order valence-electron chi connectivity index (χ4n) is 2.30. The van der Waals surface area contributed by atoms with Gasteiger partial charge in [0, 0.05) is 19.9 Å². The molecule has 2 heterocycles. The predicted molar refractivity (Wildman–Crippen MR) is 66.1 cm³/mol. The Labute approximate surface area is 100.0 Å². The van der Waals surface area contributed by atoms with Gasteiger partial charge in [-0.1, -0.05) is 0 Å². The number of rotatable bonds is 4. The Kier molecular flexibility index (Phi) is 2.52. The van der Waals surface area contributed by atoms with Crippen molar-refractivity contribution in [3.63, 3.8) is 0 Å². The summed E-state index contributed by atoms with van der Waals surface area (Å²) in [4.78, 5) is 4.35. The van der Waals surface area contributed by atoms with Gasteiger partial charge in [-0.15, -0.1) is 0 Å². The number of ether oxygens (including phenoxy) is 1. The number of hydrogen-bond donors (Lipinski definition) is 1. The van der Waals surface area contributed by atoms with Gasteiger partial charge in [0.25, 0.3) is 0 Å². The Morgan fingerprint density at radius 1 is 1.47 bits per heavy atom. The maximum absolute atomic E-state index is 5.58. The van der Waals surface area contributed by atoms with E-state index in [0.29, 0.717) is 0 Å². The molecule has 0 saturated heterocycles. The molecule has 0 unspecified atom stereocenters. The monoisotopic (exact) mass is 232 g/mol. The van der Waals surface area contributed by atoms with Gasteiger partial charge in [-0.3, -0.25) is 0 Å². The number of fused-ring (bicyclic) bond motifs is 1. The first-order valence-electron chi connectivity index (χ1n) is 5.94. The molecule has 3 rings (SSSR count). The molecule has 4 heteroatoms. The highest BCUT2D eigenvalue weighted by molar-refractivity contribution is 5.87. The highest BCUT2D eigenvalue weighted by Crippen LogP contribution is 2.35. The van der Waals surface area contributed by atoms with E-state index in [0.717, 1.165) is 36.2 Å². The number of nitrogens with zero attached hydrogens (tertiary/aromatic N) is 1. The number of furan rings is 1. The molecule has 1 fully saturated rings. The van der Waals surface area contributed by atoms with E-state index in [1.807, 2.05) is 12.1 Å². The van der Waals surface area contributed by atoms with Crippen LogP contribution in [0.2, 0.25) is 0 Å². The summed E-state index contributed by atoms with van der Waals surface area (Å²) in [6.07, 6.45) is 6.94. The highest BCUT2D eigenvalue weighted by atomic mass is 16.5. The SMILES string of the molecule is COC1(CNc2nccc3occc23)CCC1. The summed E-state index contributed by atoms with van der Waals surface area (Å²) in [6.45, 7) is 0.806. The predicted octanol–water partition coefficient (Wildman–Crippen LogP) is 2.81. The van der Waals surface area contributed by atoms with E-state index < -0.39 is 0 Å². The molecule has 0 bridgehead atoms. The number of anilines is 1. The van der Waals surface area contributed by atoms with Gasteiger partial charge in [0.2, 0.25) is 0 Å². The maximum Gasteiger partial charge on any atom is 0.139 e. The van der Waals surface area contributed by atoms with E-state index in [-0.39, 0.29) is 5.60 Å². The van der Waals surface area contributed by atoms with Crippen molar-refractivity contribution in [1.29, 1.82) is 0 Å². The zero-order valence-corrected chi connectivity index (χ0v) is 9.90. The molecule has 0 atom stereocenters. The Bertz CT molecular complexity index is 511. The lowest BCUT2D eigenvalue weighted by Crippen LogP contribution is -2.45. The van der Waals surface area contributed by atoms with E-state index in [1.54, 1.807) is 19.6 Å². The number of nitrogens with one attached hydrogen (secondary N) is 1. The molecule has 17 heavy (non-hydrogen) atoms. The van der Waals surface area contributed by atoms with Crippen molar-refractivity contribution in [2.45, 2.75) is 24.9 Å². The minimum atomic E-state index is 0.00752. The third kappa shape index (κ3) is 1.78. The van der Waals surface area contributed by atoms with Crippen molar-refractivity contribution >= 4 is 16.8 Å². The standard InChI is InChI=1S/C13H16N2O2/c1-16-13(5-2-6-13)9-15-12-10-4-8-17-11(10)3-7-14-12/h3-4,7-8H,2,5-6,9H2,1H3,(H,14,15). The minimum absolute atomic E-state index is 0.00752. The van der Waals surface area contributed by atoms with Crippen LogP contribution in [0.1, 0.15) is 19.3 Å². The molecule has 1 saturated carbocycles. The van der Waals surface area contributed by atoms with E-state index in [1.165, 1.54) is 6.42 Å². The van der Waals surface area contributed by atoms with E-state index in [2.05, 4.69) is 10.3 Å². The van der Waals surface area contributed by atoms with Crippen LogP contribution in [-0.4, -0.2) is 24.2 Å². The van der Waals surface area contributed by atoms with Gasteiger partial charge in [-0.05, 0) is 31.4 Å². The fraction of sp³-hybridized carbons (Fsp3) is 0.462. The summed E-state index contributed by atoms with van der Waals surface area (Å²) in [5.74, 6) is 0.875. The molecule has 0 aliphatic heterocycles. The molecule has 0 spiro atoms. The Balaban J connectivity index is 1.78. The lowest BCUT2D eigenvalue weighted by Gasteiger charge is -2.40. The van der Waals surface area contributed by atoms with Gasteiger partial charge in [0.05, 0.1) is 17.3 Å². The summed E-state index contributed by atoms with van der Waals surface area (Å²) in [5.41, 5.74) is 0.871. The van der Waals surface area contributed by atoms with Crippen LogP contribution >= 0.6 is 0 Å². The lowest BCUT2D eigenvalue weighted by molar-refractivity contribution is -0.0601. The zero-order valence-electron chi connectivity index (χ0n) is 9.90. The van der Waals surface area contributed by atoms with Gasteiger partial charge < -0.3 is 14.5 Å². The topological polar surface area (TPSA) is 47.3 Å². The average molecular weight is 232 g/mol. The summed E-state index contributed by atoms with van der Waals surface area (Å²) >= 11 is 0. The van der Waals surface area contributed by atoms with Crippen molar-refractivity contribution in [1.82, 2.24) is 4.98 Å².